The van der Waals surface area contributed by atoms with E-state index in [9.17, 15) is 19.5 Å². The minimum absolute atomic E-state index is 0.0820. The van der Waals surface area contributed by atoms with E-state index in [1.54, 1.807) is 13.8 Å². The minimum Gasteiger partial charge on any atom is -0.441 e. The van der Waals surface area contributed by atoms with Crippen LogP contribution in [-0.2, 0) is 25.5 Å². The quantitative estimate of drug-likeness (QED) is 0.225. The van der Waals surface area contributed by atoms with Crippen LogP contribution in [0.5, 0.6) is 0 Å². The van der Waals surface area contributed by atoms with Gasteiger partial charge in [-0.05, 0) is 66.6 Å². The second-order valence-corrected chi connectivity index (χ2v) is 13.0. The molecule has 0 bridgehead atoms. The largest absolute Gasteiger partial charge is 0.441 e. The van der Waals surface area contributed by atoms with Crippen LogP contribution >= 0.6 is 15.9 Å². The van der Waals surface area contributed by atoms with Gasteiger partial charge in [-0.3, -0.25) is 9.59 Å². The molecule has 0 radical (unpaired) electrons. The lowest BCUT2D eigenvalue weighted by Crippen LogP contribution is -2.55. The fourth-order valence-electron chi connectivity index (χ4n) is 6.10. The highest BCUT2D eigenvalue weighted by Gasteiger charge is 2.55. The highest BCUT2D eigenvalue weighted by atomic mass is 79.9. The third-order valence-electron chi connectivity index (χ3n) is 8.06. The van der Waals surface area contributed by atoms with E-state index in [-0.39, 0.29) is 29.8 Å². The van der Waals surface area contributed by atoms with E-state index >= 15 is 0 Å². The van der Waals surface area contributed by atoms with Crippen LogP contribution in [0, 0.1) is 11.8 Å². The van der Waals surface area contributed by atoms with Gasteiger partial charge in [0.15, 0.2) is 11.6 Å². The standard InChI is InChI=1S/C32H46BrNO7/c1-22(2)28-31(3,4)41-30(38)34(28)29(37)24(20-23-16-12-11-13-17-23)27-25(36)21-26(33)32(39,40-27)18-14-9-7-5-6-8-10-15-19-35/h11-13,16-17,21-22,24,27-28,35,39H,5-10,14-15,18-20H2,1-4H3. The molecule has 228 valence electrons. The predicted molar refractivity (Wildman–Crippen MR) is 160 cm³/mol. The van der Waals surface area contributed by atoms with E-state index in [2.05, 4.69) is 15.9 Å². The van der Waals surface area contributed by atoms with Gasteiger partial charge in [-0.2, -0.15) is 0 Å². The molecule has 2 amide bonds. The Balaban J connectivity index is 1.79. The third-order valence-corrected chi connectivity index (χ3v) is 8.90. The molecule has 2 heterocycles. The van der Waals surface area contributed by atoms with Crippen molar-refractivity contribution in [3.63, 3.8) is 0 Å². The smallest absolute Gasteiger partial charge is 0.417 e. The SMILES string of the molecule is CC(C)C1N(C(=O)C(Cc2ccccc2)C2OC(O)(CCCCCCCCCCO)C(Br)=CC2=O)C(=O)OC1(C)C. The molecule has 0 spiro atoms. The number of cyclic esters (lactones) is 1. The van der Waals surface area contributed by atoms with Gasteiger partial charge in [-0.25, -0.2) is 9.69 Å². The first-order chi connectivity index (χ1) is 19.4. The van der Waals surface area contributed by atoms with Gasteiger partial charge in [-0.1, -0.05) is 82.7 Å². The van der Waals surface area contributed by atoms with Gasteiger partial charge in [0.25, 0.3) is 0 Å². The Labute approximate surface area is 252 Å². The number of nitrogens with zero attached hydrogens (tertiary/aromatic N) is 1. The van der Waals surface area contributed by atoms with Gasteiger partial charge in [0.05, 0.1) is 16.4 Å². The first-order valence-corrected chi connectivity index (χ1v) is 15.7. The van der Waals surface area contributed by atoms with E-state index in [1.807, 2.05) is 44.2 Å². The van der Waals surface area contributed by atoms with Crippen molar-refractivity contribution in [3.8, 4) is 0 Å². The van der Waals surface area contributed by atoms with Crippen LogP contribution in [0.4, 0.5) is 4.79 Å². The molecule has 0 saturated carbocycles. The molecule has 0 aliphatic carbocycles. The molecule has 9 heteroatoms. The van der Waals surface area contributed by atoms with E-state index in [1.165, 1.54) is 6.08 Å². The highest BCUT2D eigenvalue weighted by molar-refractivity contribution is 9.11. The minimum atomic E-state index is -1.75. The zero-order valence-electron chi connectivity index (χ0n) is 24.8. The molecule has 41 heavy (non-hydrogen) atoms. The monoisotopic (exact) mass is 635 g/mol. The number of benzene rings is 1. The summed E-state index contributed by atoms with van der Waals surface area (Å²) >= 11 is 3.34. The molecule has 2 aliphatic rings. The summed E-state index contributed by atoms with van der Waals surface area (Å²) in [6.07, 6.45) is 7.46. The highest BCUT2D eigenvalue weighted by Crippen LogP contribution is 2.40. The molecule has 8 nitrogen and oxygen atoms in total. The summed E-state index contributed by atoms with van der Waals surface area (Å²) in [6.45, 7) is 7.66. The van der Waals surface area contributed by atoms with Crippen LogP contribution in [-0.4, -0.2) is 63.0 Å². The molecule has 1 aromatic carbocycles. The molecule has 4 atom stereocenters. The normalized spacial score (nSPS) is 24.9. The lowest BCUT2D eigenvalue weighted by Gasteiger charge is -2.39. The molecule has 1 fully saturated rings. The van der Waals surface area contributed by atoms with Crippen molar-refractivity contribution in [3.05, 3.63) is 46.5 Å². The van der Waals surface area contributed by atoms with Crippen LogP contribution < -0.4 is 0 Å². The van der Waals surface area contributed by atoms with Crippen molar-refractivity contribution >= 4 is 33.7 Å². The summed E-state index contributed by atoms with van der Waals surface area (Å²) in [4.78, 5) is 41.7. The Morgan fingerprint density at radius 3 is 2.17 bits per heavy atom. The number of hydrogen-bond acceptors (Lipinski definition) is 7. The predicted octanol–water partition coefficient (Wildman–Crippen LogP) is 6.07. The van der Waals surface area contributed by atoms with Gasteiger partial charge in [0.2, 0.25) is 5.91 Å². The van der Waals surface area contributed by atoms with E-state index in [0.29, 0.717) is 6.42 Å². The number of imide groups is 1. The zero-order chi connectivity index (χ0) is 30.2. The van der Waals surface area contributed by atoms with Crippen LogP contribution in [0.3, 0.4) is 0 Å². The molecule has 2 aliphatic heterocycles. The maximum Gasteiger partial charge on any atom is 0.417 e. The maximum atomic E-state index is 14.2. The molecule has 2 N–H and O–H groups in total. The van der Waals surface area contributed by atoms with Crippen LogP contribution in [0.15, 0.2) is 40.9 Å². The molecule has 4 unspecified atom stereocenters. The number of halogens is 1. The Bertz CT molecular complexity index is 1070. The lowest BCUT2D eigenvalue weighted by atomic mass is 9.85. The van der Waals surface area contributed by atoms with E-state index in [4.69, 9.17) is 14.6 Å². The number of carbonyl (C=O) groups excluding carboxylic acids is 3. The number of aliphatic hydroxyl groups excluding tert-OH is 1. The van der Waals surface area contributed by atoms with E-state index in [0.717, 1.165) is 55.4 Å². The Morgan fingerprint density at radius 1 is 1.00 bits per heavy atom. The van der Waals surface area contributed by atoms with Crippen LogP contribution in [0.25, 0.3) is 0 Å². The summed E-state index contributed by atoms with van der Waals surface area (Å²) in [5.74, 6) is -3.86. The summed E-state index contributed by atoms with van der Waals surface area (Å²) in [7, 11) is 0. The number of carbonyl (C=O) groups is 3. The molecule has 0 aromatic heterocycles. The lowest BCUT2D eigenvalue weighted by molar-refractivity contribution is -0.218. The van der Waals surface area contributed by atoms with Crippen molar-refractivity contribution in [1.82, 2.24) is 4.90 Å². The molecule has 1 saturated heterocycles. The Morgan fingerprint density at radius 2 is 1.59 bits per heavy atom. The average Bonchev–Trinajstić information content (AvgIpc) is 3.17. The number of hydrogen-bond donors (Lipinski definition) is 2. The zero-order valence-corrected chi connectivity index (χ0v) is 26.4. The van der Waals surface area contributed by atoms with Crippen molar-refractivity contribution in [2.24, 2.45) is 11.8 Å². The maximum absolute atomic E-state index is 14.2. The topological polar surface area (TPSA) is 113 Å². The van der Waals surface area contributed by atoms with Crippen molar-refractivity contribution < 1.29 is 34.1 Å². The second-order valence-electron chi connectivity index (χ2n) is 12.2. The summed E-state index contributed by atoms with van der Waals surface area (Å²) in [5, 5.41) is 20.4. The fraction of sp³-hybridized carbons (Fsp3) is 0.656. The number of unbranched alkanes of at least 4 members (excludes halogenated alkanes) is 7. The third kappa shape index (κ3) is 8.49. The number of aliphatic hydroxyl groups is 2. The summed E-state index contributed by atoms with van der Waals surface area (Å²) in [6, 6.07) is 8.77. The Kier molecular flexibility index (Phi) is 12.1. The number of ether oxygens (including phenoxy) is 2. The second kappa shape index (κ2) is 14.9. The number of ketones is 1. The van der Waals surface area contributed by atoms with E-state index < -0.39 is 47.2 Å². The van der Waals surface area contributed by atoms with Crippen molar-refractivity contribution in [2.45, 2.75) is 115 Å². The number of amides is 2. The summed E-state index contributed by atoms with van der Waals surface area (Å²) < 4.78 is 12.0. The summed E-state index contributed by atoms with van der Waals surface area (Å²) in [5.41, 5.74) is -0.0793. The molecular formula is C32H46BrNO7. The van der Waals surface area contributed by atoms with Gasteiger partial charge < -0.3 is 19.7 Å². The van der Waals surface area contributed by atoms with Gasteiger partial charge in [0, 0.05) is 13.0 Å². The Hall–Kier alpha value is -2.07. The first-order valence-electron chi connectivity index (χ1n) is 14.9. The fourth-order valence-corrected chi connectivity index (χ4v) is 6.61. The average molecular weight is 637 g/mol. The van der Waals surface area contributed by atoms with Gasteiger partial charge in [-0.15, -0.1) is 0 Å². The molecule has 1 aromatic rings. The van der Waals surface area contributed by atoms with Crippen molar-refractivity contribution in [1.29, 1.82) is 0 Å². The van der Waals surface area contributed by atoms with Crippen molar-refractivity contribution in [2.75, 3.05) is 6.61 Å². The van der Waals surface area contributed by atoms with Gasteiger partial charge >= 0.3 is 6.09 Å². The first kappa shape index (κ1) is 33.4. The van der Waals surface area contributed by atoms with Gasteiger partial charge in [0.1, 0.15) is 11.7 Å². The molecule has 3 rings (SSSR count). The van der Waals surface area contributed by atoms with Crippen LogP contribution in [0.2, 0.25) is 0 Å². The number of rotatable bonds is 15. The van der Waals surface area contributed by atoms with Crippen LogP contribution in [0.1, 0.15) is 91.0 Å². The molecular weight excluding hydrogens is 590 g/mol.